The van der Waals surface area contributed by atoms with Gasteiger partial charge in [-0.15, -0.1) is 11.3 Å². The molecular formula is C18H20N4O2S. The van der Waals surface area contributed by atoms with Crippen molar-refractivity contribution in [3.05, 3.63) is 52.5 Å². The Kier molecular flexibility index (Phi) is 4.52. The highest BCUT2D eigenvalue weighted by molar-refractivity contribution is 7.10. The Morgan fingerprint density at radius 2 is 2.12 bits per heavy atom. The average Bonchev–Trinajstić information content (AvgIpc) is 3.32. The minimum atomic E-state index is -0.454. The number of thiophene rings is 1. The van der Waals surface area contributed by atoms with Gasteiger partial charge < -0.3 is 15.0 Å². The van der Waals surface area contributed by atoms with E-state index in [4.69, 9.17) is 0 Å². The zero-order valence-electron chi connectivity index (χ0n) is 13.8. The number of piperazine rings is 1. The number of nitrogens with one attached hydrogen (secondary N) is 1. The minimum absolute atomic E-state index is 0.0509. The molecule has 25 heavy (non-hydrogen) atoms. The molecule has 1 aromatic carbocycles. The van der Waals surface area contributed by atoms with Crippen LogP contribution in [0, 0.1) is 0 Å². The number of aromatic nitrogens is 2. The van der Waals surface area contributed by atoms with Gasteiger partial charge >= 0.3 is 0 Å². The molecule has 130 valence electrons. The van der Waals surface area contributed by atoms with Crippen molar-refractivity contribution in [1.82, 2.24) is 19.8 Å². The number of hydrogen-bond acceptors (Lipinski definition) is 5. The van der Waals surface area contributed by atoms with Crippen LogP contribution in [0.25, 0.3) is 11.0 Å². The molecule has 7 heteroatoms. The molecule has 1 amide bonds. The monoisotopic (exact) mass is 356 g/mol. The van der Waals surface area contributed by atoms with E-state index in [0.29, 0.717) is 25.2 Å². The molecule has 3 heterocycles. The van der Waals surface area contributed by atoms with Crippen molar-refractivity contribution in [2.24, 2.45) is 0 Å². The second kappa shape index (κ2) is 6.95. The van der Waals surface area contributed by atoms with Gasteiger partial charge in [-0.2, -0.15) is 0 Å². The second-order valence-corrected chi connectivity index (χ2v) is 7.24. The van der Waals surface area contributed by atoms with Crippen molar-refractivity contribution < 1.29 is 9.90 Å². The molecule has 1 saturated heterocycles. The number of aromatic amines is 1. The van der Waals surface area contributed by atoms with Gasteiger partial charge in [-0.3, -0.25) is 9.69 Å². The topological polar surface area (TPSA) is 72.5 Å². The van der Waals surface area contributed by atoms with E-state index in [1.165, 1.54) is 0 Å². The van der Waals surface area contributed by atoms with Gasteiger partial charge in [0, 0.05) is 43.2 Å². The largest absolute Gasteiger partial charge is 0.386 e. The third-order valence-corrected chi connectivity index (χ3v) is 5.60. The van der Waals surface area contributed by atoms with E-state index in [9.17, 15) is 9.90 Å². The summed E-state index contributed by atoms with van der Waals surface area (Å²) in [6.07, 6.45) is 1.18. The summed E-state index contributed by atoms with van der Waals surface area (Å²) in [5, 5.41) is 12.3. The van der Waals surface area contributed by atoms with Crippen LogP contribution in [0.15, 0.2) is 42.0 Å². The number of imidazole rings is 1. The number of β-amino-alcohol motifs (C(OH)–C–C–N with tert-alkyl or cyclic N) is 1. The number of carbonyl (C=O) groups excluding carboxylic acids is 1. The molecule has 0 saturated carbocycles. The summed E-state index contributed by atoms with van der Waals surface area (Å²) in [5.74, 6) is 0.0509. The predicted octanol–water partition coefficient (Wildman–Crippen LogP) is 2.12. The van der Waals surface area contributed by atoms with Crippen molar-refractivity contribution in [3.63, 3.8) is 0 Å². The van der Waals surface area contributed by atoms with E-state index < -0.39 is 6.10 Å². The van der Waals surface area contributed by atoms with Gasteiger partial charge in [0.1, 0.15) is 6.10 Å². The first-order valence-electron chi connectivity index (χ1n) is 8.37. The van der Waals surface area contributed by atoms with Crippen molar-refractivity contribution in [1.29, 1.82) is 0 Å². The van der Waals surface area contributed by atoms with Crippen molar-refractivity contribution in [2.45, 2.75) is 6.10 Å². The number of benzene rings is 1. The maximum atomic E-state index is 12.7. The third kappa shape index (κ3) is 3.44. The van der Waals surface area contributed by atoms with Gasteiger partial charge in [0.05, 0.1) is 17.4 Å². The lowest BCUT2D eigenvalue weighted by Crippen LogP contribution is -2.49. The molecule has 4 rings (SSSR count). The quantitative estimate of drug-likeness (QED) is 0.751. The summed E-state index contributed by atoms with van der Waals surface area (Å²) in [6.45, 7) is 3.53. The first-order valence-corrected chi connectivity index (χ1v) is 9.25. The van der Waals surface area contributed by atoms with Crippen LogP contribution in [0.3, 0.4) is 0 Å². The Hall–Kier alpha value is -2.22. The summed E-state index contributed by atoms with van der Waals surface area (Å²) in [6, 6.07) is 9.47. The summed E-state index contributed by atoms with van der Waals surface area (Å²) < 4.78 is 0. The molecule has 0 spiro atoms. The molecular weight excluding hydrogens is 336 g/mol. The fourth-order valence-corrected chi connectivity index (χ4v) is 3.90. The van der Waals surface area contributed by atoms with E-state index in [2.05, 4.69) is 14.9 Å². The Bertz CT molecular complexity index is 853. The molecule has 2 aromatic heterocycles. The smallest absolute Gasteiger partial charge is 0.254 e. The molecule has 3 aromatic rings. The fourth-order valence-electron chi connectivity index (χ4n) is 3.20. The first kappa shape index (κ1) is 16.3. The van der Waals surface area contributed by atoms with Crippen LogP contribution in [0.5, 0.6) is 0 Å². The number of aliphatic hydroxyl groups excluding tert-OH is 1. The number of aliphatic hydroxyl groups is 1. The van der Waals surface area contributed by atoms with Crippen LogP contribution < -0.4 is 0 Å². The SMILES string of the molecule is O=C(c1ccc2nc[nH]c2c1)N1CCN(CC(O)c2cccs2)CC1. The number of rotatable bonds is 4. The number of fused-ring (bicyclic) bond motifs is 1. The van der Waals surface area contributed by atoms with Crippen LogP contribution in [-0.2, 0) is 0 Å². The van der Waals surface area contributed by atoms with E-state index in [1.807, 2.05) is 40.6 Å². The van der Waals surface area contributed by atoms with Gasteiger partial charge in [0.15, 0.2) is 0 Å². The van der Waals surface area contributed by atoms with Crippen LogP contribution in [0.2, 0.25) is 0 Å². The third-order valence-electron chi connectivity index (χ3n) is 4.63. The molecule has 0 radical (unpaired) electrons. The average molecular weight is 356 g/mol. The number of nitrogens with zero attached hydrogens (tertiary/aromatic N) is 3. The van der Waals surface area contributed by atoms with E-state index in [0.717, 1.165) is 29.0 Å². The van der Waals surface area contributed by atoms with Crippen LogP contribution >= 0.6 is 11.3 Å². The Morgan fingerprint density at radius 1 is 1.28 bits per heavy atom. The molecule has 0 bridgehead atoms. The molecule has 2 N–H and O–H groups in total. The fraction of sp³-hybridized carbons (Fsp3) is 0.333. The molecule has 1 unspecified atom stereocenters. The normalized spacial score (nSPS) is 17.1. The number of H-pyrrole nitrogens is 1. The van der Waals surface area contributed by atoms with E-state index in [1.54, 1.807) is 17.7 Å². The highest BCUT2D eigenvalue weighted by atomic mass is 32.1. The molecule has 1 fully saturated rings. The van der Waals surface area contributed by atoms with Crippen LogP contribution in [0.1, 0.15) is 21.3 Å². The highest BCUT2D eigenvalue weighted by Crippen LogP contribution is 2.21. The maximum Gasteiger partial charge on any atom is 0.254 e. The Balaban J connectivity index is 1.35. The molecule has 1 aliphatic heterocycles. The minimum Gasteiger partial charge on any atom is -0.386 e. The van der Waals surface area contributed by atoms with Gasteiger partial charge in [0.25, 0.3) is 5.91 Å². The standard InChI is InChI=1S/C18H20N4O2S/c23-16(17-2-1-9-25-17)11-21-5-7-22(8-6-21)18(24)13-3-4-14-15(10-13)20-12-19-14/h1-4,9-10,12,16,23H,5-8,11H2,(H,19,20). The Labute approximate surface area is 149 Å². The van der Waals surface area contributed by atoms with Gasteiger partial charge in [-0.25, -0.2) is 4.98 Å². The molecule has 0 aliphatic carbocycles. The molecule has 1 atom stereocenters. The predicted molar refractivity (Wildman–Crippen MR) is 97.7 cm³/mol. The second-order valence-electron chi connectivity index (χ2n) is 6.26. The van der Waals surface area contributed by atoms with Crippen molar-refractivity contribution in [2.75, 3.05) is 32.7 Å². The summed E-state index contributed by atoms with van der Waals surface area (Å²) in [5.41, 5.74) is 2.43. The number of amides is 1. The summed E-state index contributed by atoms with van der Waals surface area (Å²) in [4.78, 5) is 25.0. The zero-order valence-corrected chi connectivity index (χ0v) is 14.6. The van der Waals surface area contributed by atoms with Crippen LogP contribution in [0.4, 0.5) is 0 Å². The number of carbonyl (C=O) groups is 1. The lowest BCUT2D eigenvalue weighted by Gasteiger charge is -2.35. The van der Waals surface area contributed by atoms with E-state index in [-0.39, 0.29) is 5.91 Å². The lowest BCUT2D eigenvalue weighted by molar-refractivity contribution is 0.0533. The van der Waals surface area contributed by atoms with Gasteiger partial charge in [-0.1, -0.05) is 6.07 Å². The van der Waals surface area contributed by atoms with Gasteiger partial charge in [0.2, 0.25) is 0 Å². The Morgan fingerprint density at radius 3 is 2.88 bits per heavy atom. The highest BCUT2D eigenvalue weighted by Gasteiger charge is 2.24. The van der Waals surface area contributed by atoms with Crippen molar-refractivity contribution in [3.8, 4) is 0 Å². The lowest BCUT2D eigenvalue weighted by atomic mass is 10.1. The molecule has 1 aliphatic rings. The number of hydrogen-bond donors (Lipinski definition) is 2. The summed E-state index contributed by atoms with van der Waals surface area (Å²) in [7, 11) is 0. The maximum absolute atomic E-state index is 12.7. The van der Waals surface area contributed by atoms with Gasteiger partial charge in [-0.05, 0) is 29.6 Å². The zero-order chi connectivity index (χ0) is 17.2. The van der Waals surface area contributed by atoms with E-state index >= 15 is 0 Å². The van der Waals surface area contributed by atoms with Crippen LogP contribution in [-0.4, -0.2) is 63.5 Å². The summed E-state index contributed by atoms with van der Waals surface area (Å²) >= 11 is 1.57. The molecule has 6 nitrogen and oxygen atoms in total. The van der Waals surface area contributed by atoms with Crippen molar-refractivity contribution >= 4 is 28.3 Å². The first-order chi connectivity index (χ1) is 12.2.